The zero-order valence-corrected chi connectivity index (χ0v) is 12.9. The molecule has 1 amide bonds. The summed E-state index contributed by atoms with van der Waals surface area (Å²) < 4.78 is 5.67. The second-order valence-corrected chi connectivity index (χ2v) is 5.75. The predicted molar refractivity (Wildman–Crippen MR) is 82.5 cm³/mol. The van der Waals surface area contributed by atoms with Gasteiger partial charge in [0.1, 0.15) is 11.5 Å². The molecule has 1 aromatic carbocycles. The van der Waals surface area contributed by atoms with Crippen molar-refractivity contribution in [1.29, 1.82) is 0 Å². The summed E-state index contributed by atoms with van der Waals surface area (Å²) in [6.45, 7) is 5.93. The Bertz CT molecular complexity index is 731. The third-order valence-electron chi connectivity index (χ3n) is 4.47. The molecule has 0 spiro atoms. The normalized spacial score (nSPS) is 15.5. The van der Waals surface area contributed by atoms with E-state index in [2.05, 4.69) is 0 Å². The quantitative estimate of drug-likeness (QED) is 0.922. The van der Waals surface area contributed by atoms with Crippen LogP contribution in [0.4, 0.5) is 5.69 Å². The van der Waals surface area contributed by atoms with E-state index in [1.54, 1.807) is 4.90 Å². The highest BCUT2D eigenvalue weighted by Crippen LogP contribution is 2.34. The molecule has 2 heterocycles. The van der Waals surface area contributed by atoms with Crippen molar-refractivity contribution in [2.75, 3.05) is 11.9 Å². The van der Waals surface area contributed by atoms with Gasteiger partial charge in [-0.25, -0.2) is 0 Å². The number of nitrogens with two attached hydrogens (primary N) is 1. The minimum atomic E-state index is -0.228. The largest absolute Gasteiger partial charge is 0.466 e. The van der Waals surface area contributed by atoms with Gasteiger partial charge in [0.2, 0.25) is 5.91 Å². The third kappa shape index (κ3) is 2.07. The number of anilines is 1. The Morgan fingerprint density at radius 2 is 1.95 bits per heavy atom. The van der Waals surface area contributed by atoms with Crippen molar-refractivity contribution in [3.63, 3.8) is 0 Å². The van der Waals surface area contributed by atoms with Crippen LogP contribution >= 0.6 is 0 Å². The molecule has 4 nitrogen and oxygen atoms in total. The van der Waals surface area contributed by atoms with Crippen molar-refractivity contribution >= 4 is 11.6 Å². The minimum Gasteiger partial charge on any atom is -0.466 e. The summed E-state index contributed by atoms with van der Waals surface area (Å²) in [7, 11) is 1.81. The van der Waals surface area contributed by atoms with Crippen molar-refractivity contribution in [3.8, 4) is 0 Å². The summed E-state index contributed by atoms with van der Waals surface area (Å²) in [5, 5.41) is 0. The Hall–Kier alpha value is -2.07. The summed E-state index contributed by atoms with van der Waals surface area (Å²) in [6, 6.07) is 5.80. The lowest BCUT2D eigenvalue weighted by molar-refractivity contribution is -0.117. The molecule has 0 saturated heterocycles. The number of carbonyl (C=O) groups excluding carboxylic acids is 1. The van der Waals surface area contributed by atoms with Gasteiger partial charge in [-0.15, -0.1) is 0 Å². The van der Waals surface area contributed by atoms with Gasteiger partial charge in [-0.2, -0.15) is 0 Å². The lowest BCUT2D eigenvalue weighted by Gasteiger charge is -2.15. The first-order valence-electron chi connectivity index (χ1n) is 7.11. The van der Waals surface area contributed by atoms with Crippen LogP contribution < -0.4 is 10.6 Å². The molecule has 4 heteroatoms. The highest BCUT2D eigenvalue weighted by atomic mass is 16.3. The van der Waals surface area contributed by atoms with Gasteiger partial charge in [0, 0.05) is 18.3 Å². The number of rotatable bonds is 2. The summed E-state index contributed by atoms with van der Waals surface area (Å²) >= 11 is 0. The van der Waals surface area contributed by atoms with E-state index in [0.29, 0.717) is 6.42 Å². The van der Waals surface area contributed by atoms with Crippen molar-refractivity contribution in [3.05, 3.63) is 52.0 Å². The lowest BCUT2D eigenvalue weighted by Crippen LogP contribution is -2.20. The van der Waals surface area contributed by atoms with E-state index < -0.39 is 0 Å². The minimum absolute atomic E-state index is 0.127. The molecule has 2 aromatic rings. The number of likely N-dealkylation sites (N-methyl/N-ethyl adjacent to an activating group) is 1. The van der Waals surface area contributed by atoms with Gasteiger partial charge < -0.3 is 15.1 Å². The Balaban J connectivity index is 2.02. The smallest absolute Gasteiger partial charge is 0.231 e. The Morgan fingerprint density at radius 3 is 2.57 bits per heavy atom. The number of nitrogens with zero attached hydrogens (tertiary/aromatic N) is 1. The first kappa shape index (κ1) is 13.9. The van der Waals surface area contributed by atoms with E-state index >= 15 is 0 Å². The molecule has 0 saturated carbocycles. The van der Waals surface area contributed by atoms with Crippen molar-refractivity contribution < 1.29 is 9.21 Å². The highest BCUT2D eigenvalue weighted by molar-refractivity contribution is 6.00. The first-order chi connectivity index (χ1) is 9.90. The maximum atomic E-state index is 11.8. The number of hydrogen-bond donors (Lipinski definition) is 1. The Labute approximate surface area is 124 Å². The predicted octanol–water partition coefficient (Wildman–Crippen LogP) is 2.77. The fourth-order valence-electron chi connectivity index (χ4n) is 3.12. The van der Waals surface area contributed by atoms with Crippen LogP contribution in [0.1, 0.15) is 39.8 Å². The van der Waals surface area contributed by atoms with Crippen LogP contribution in [0.25, 0.3) is 0 Å². The van der Waals surface area contributed by atoms with Gasteiger partial charge in [0.05, 0.1) is 12.5 Å². The highest BCUT2D eigenvalue weighted by Gasteiger charge is 2.26. The van der Waals surface area contributed by atoms with Crippen molar-refractivity contribution in [2.45, 2.75) is 33.2 Å². The molecule has 1 aromatic heterocycles. The average Bonchev–Trinajstić information content (AvgIpc) is 2.86. The zero-order valence-electron chi connectivity index (χ0n) is 12.9. The molecule has 1 atom stereocenters. The number of benzene rings is 1. The second-order valence-electron chi connectivity index (χ2n) is 5.75. The van der Waals surface area contributed by atoms with Gasteiger partial charge in [0.25, 0.3) is 0 Å². The van der Waals surface area contributed by atoms with Crippen LogP contribution in [0.2, 0.25) is 0 Å². The molecule has 0 radical (unpaired) electrons. The molecule has 1 aliphatic heterocycles. The summed E-state index contributed by atoms with van der Waals surface area (Å²) in [5.41, 5.74) is 11.6. The van der Waals surface area contributed by atoms with Gasteiger partial charge in [-0.05, 0) is 43.5 Å². The first-order valence-corrected chi connectivity index (χ1v) is 7.11. The lowest BCUT2D eigenvalue weighted by atomic mass is 9.94. The number of aryl methyl sites for hydroxylation is 2. The number of fused-ring (bicyclic) bond motifs is 1. The molecular formula is C17H20N2O2. The van der Waals surface area contributed by atoms with Crippen LogP contribution in [0.15, 0.2) is 22.6 Å². The van der Waals surface area contributed by atoms with E-state index in [-0.39, 0.29) is 11.9 Å². The molecular weight excluding hydrogens is 264 g/mol. The molecule has 1 unspecified atom stereocenters. The molecule has 1 aliphatic rings. The maximum absolute atomic E-state index is 11.8. The van der Waals surface area contributed by atoms with Gasteiger partial charge in [-0.3, -0.25) is 4.79 Å². The Kier molecular flexibility index (Phi) is 3.14. The van der Waals surface area contributed by atoms with Gasteiger partial charge in [0.15, 0.2) is 0 Å². The molecule has 0 fully saturated rings. The topological polar surface area (TPSA) is 59.5 Å². The summed E-state index contributed by atoms with van der Waals surface area (Å²) in [5.74, 6) is 1.91. The molecule has 0 bridgehead atoms. The van der Waals surface area contributed by atoms with E-state index in [1.165, 1.54) is 0 Å². The van der Waals surface area contributed by atoms with E-state index in [4.69, 9.17) is 10.2 Å². The molecule has 21 heavy (non-hydrogen) atoms. The summed E-state index contributed by atoms with van der Waals surface area (Å²) in [6.07, 6.45) is 0.453. The molecule has 3 rings (SSSR count). The van der Waals surface area contributed by atoms with Crippen LogP contribution in [0.3, 0.4) is 0 Å². The van der Waals surface area contributed by atoms with Crippen LogP contribution in [0.5, 0.6) is 0 Å². The van der Waals surface area contributed by atoms with Crippen LogP contribution in [0, 0.1) is 20.8 Å². The van der Waals surface area contributed by atoms with Crippen LogP contribution in [-0.2, 0) is 11.2 Å². The molecule has 2 N–H and O–H groups in total. The average molecular weight is 284 g/mol. The van der Waals surface area contributed by atoms with E-state index in [9.17, 15) is 4.79 Å². The second kappa shape index (κ2) is 4.74. The molecule has 0 aliphatic carbocycles. The number of furan rings is 1. The van der Waals surface area contributed by atoms with Crippen molar-refractivity contribution in [1.82, 2.24) is 0 Å². The van der Waals surface area contributed by atoms with Gasteiger partial charge >= 0.3 is 0 Å². The van der Waals surface area contributed by atoms with Gasteiger partial charge in [-0.1, -0.05) is 12.1 Å². The fraction of sp³-hybridized carbons (Fsp3) is 0.353. The Morgan fingerprint density at radius 1 is 1.24 bits per heavy atom. The number of amides is 1. The fourth-order valence-corrected chi connectivity index (χ4v) is 3.12. The zero-order chi connectivity index (χ0) is 15.3. The molecule has 110 valence electrons. The number of hydrogen-bond acceptors (Lipinski definition) is 3. The van der Waals surface area contributed by atoms with Crippen LogP contribution in [-0.4, -0.2) is 13.0 Å². The summed E-state index contributed by atoms with van der Waals surface area (Å²) in [4.78, 5) is 13.5. The van der Waals surface area contributed by atoms with E-state index in [0.717, 1.165) is 39.5 Å². The van der Waals surface area contributed by atoms with Crippen molar-refractivity contribution in [2.24, 2.45) is 5.73 Å². The maximum Gasteiger partial charge on any atom is 0.231 e. The third-order valence-corrected chi connectivity index (χ3v) is 4.47. The number of carbonyl (C=O) groups is 1. The standard InChI is InChI=1S/C17H20N2O2/c1-9-10(2)21-11(3)16(9)17(18)12-5-6-14-13(7-12)8-15(20)19(14)4/h5-7,17H,8,18H2,1-4H3. The van der Waals surface area contributed by atoms with E-state index in [1.807, 2.05) is 46.0 Å². The monoisotopic (exact) mass is 284 g/mol. The SMILES string of the molecule is Cc1oc(C)c(C(N)c2ccc3c(c2)CC(=O)N3C)c1C.